The maximum Gasteiger partial charge on any atom is 0.248 e. The number of hydrogen-bond donors (Lipinski definition) is 1. The number of ether oxygens (including phenoxy) is 3. The van der Waals surface area contributed by atoms with Crippen molar-refractivity contribution in [2.45, 2.75) is 12.6 Å². The van der Waals surface area contributed by atoms with Crippen molar-refractivity contribution in [3.8, 4) is 17.2 Å². The first-order chi connectivity index (χ1) is 14.0. The largest absolute Gasteiger partial charge is 0.497 e. The minimum absolute atomic E-state index is 0.0147. The van der Waals surface area contributed by atoms with E-state index in [-0.39, 0.29) is 11.9 Å². The summed E-state index contributed by atoms with van der Waals surface area (Å²) in [6, 6.07) is 9.32. The zero-order chi connectivity index (χ0) is 20.5. The lowest BCUT2D eigenvalue weighted by atomic mass is 9.92. The van der Waals surface area contributed by atoms with Gasteiger partial charge in [-0.25, -0.2) is 0 Å². The molecule has 1 amide bonds. The average Bonchev–Trinajstić information content (AvgIpc) is 2.73. The van der Waals surface area contributed by atoms with Gasteiger partial charge in [0.05, 0.1) is 32.7 Å². The third-order valence-corrected chi connectivity index (χ3v) is 5.54. The molecule has 0 spiro atoms. The number of amides is 1. The summed E-state index contributed by atoms with van der Waals surface area (Å²) in [5.41, 5.74) is 3.31. The van der Waals surface area contributed by atoms with Gasteiger partial charge in [0, 0.05) is 32.2 Å². The molecule has 1 unspecified atom stereocenters. The summed E-state index contributed by atoms with van der Waals surface area (Å²) in [4.78, 5) is 17.2. The lowest BCUT2D eigenvalue weighted by Crippen LogP contribution is -2.59. The highest BCUT2D eigenvalue weighted by molar-refractivity contribution is 6.35. The topological polar surface area (TPSA) is 63.3 Å². The van der Waals surface area contributed by atoms with Crippen LogP contribution in [0.25, 0.3) is 0 Å². The Morgan fingerprint density at radius 2 is 1.79 bits per heavy atom. The number of carbonyl (C=O) groups excluding carboxylic acids is 1. The first-order valence-electron chi connectivity index (χ1n) is 9.52. The van der Waals surface area contributed by atoms with Crippen LogP contribution in [-0.4, -0.2) is 65.7 Å². The van der Waals surface area contributed by atoms with E-state index in [4.69, 9.17) is 22.1 Å². The Kier molecular flexibility index (Phi) is 5.28. The highest BCUT2D eigenvalue weighted by Crippen LogP contribution is 2.36. The van der Waals surface area contributed by atoms with Crippen molar-refractivity contribution < 1.29 is 19.0 Å². The van der Waals surface area contributed by atoms with Gasteiger partial charge in [-0.3, -0.25) is 9.69 Å². The van der Waals surface area contributed by atoms with E-state index in [1.54, 1.807) is 27.4 Å². The predicted octanol–water partition coefficient (Wildman–Crippen LogP) is 1.15. The molecular weight excluding hydrogens is 369 g/mol. The highest BCUT2D eigenvalue weighted by atomic mass is 16.5. The fourth-order valence-corrected chi connectivity index (χ4v) is 4.05. The van der Waals surface area contributed by atoms with E-state index in [1.807, 2.05) is 24.3 Å². The van der Waals surface area contributed by atoms with Crippen molar-refractivity contribution in [3.05, 3.63) is 35.9 Å². The van der Waals surface area contributed by atoms with Gasteiger partial charge in [-0.15, -0.1) is 0 Å². The van der Waals surface area contributed by atoms with E-state index in [1.165, 1.54) is 0 Å². The molecule has 0 aromatic heterocycles. The molecule has 0 bridgehead atoms. The fraction of sp³-hybridized carbons (Fsp3) is 0.381. The van der Waals surface area contributed by atoms with Crippen molar-refractivity contribution in [3.63, 3.8) is 0 Å². The molecule has 29 heavy (non-hydrogen) atoms. The molecular formula is C21H24BN3O4. The van der Waals surface area contributed by atoms with Crippen molar-refractivity contribution in [2.24, 2.45) is 0 Å². The maximum atomic E-state index is 12.8. The second-order valence-electron chi connectivity index (χ2n) is 7.23. The summed E-state index contributed by atoms with van der Waals surface area (Å²) < 4.78 is 16.1. The van der Waals surface area contributed by atoms with Crippen molar-refractivity contribution in [1.82, 2.24) is 4.90 Å². The summed E-state index contributed by atoms with van der Waals surface area (Å²) in [6.45, 7) is 2.94. The van der Waals surface area contributed by atoms with E-state index in [2.05, 4.69) is 15.1 Å². The molecule has 0 aliphatic carbocycles. The van der Waals surface area contributed by atoms with Gasteiger partial charge in [-0.1, -0.05) is 11.5 Å². The van der Waals surface area contributed by atoms with Gasteiger partial charge in [-0.2, -0.15) is 0 Å². The Bertz CT molecular complexity index is 936. The SMILES string of the molecule is [B]c1cc2c(cc1OC)N1CCN(Cc3ccc(OC)c(OC)c3)CC1C(=O)N2. The number of methoxy groups -OCH3 is 3. The average molecular weight is 393 g/mol. The Hall–Kier alpha value is -2.87. The Balaban J connectivity index is 1.53. The summed E-state index contributed by atoms with van der Waals surface area (Å²) in [6.07, 6.45) is 0. The zero-order valence-corrected chi connectivity index (χ0v) is 16.9. The van der Waals surface area contributed by atoms with Crippen molar-refractivity contribution in [2.75, 3.05) is 51.2 Å². The number of nitrogens with one attached hydrogen (secondary N) is 1. The van der Waals surface area contributed by atoms with Gasteiger partial charge in [0.25, 0.3) is 0 Å². The molecule has 150 valence electrons. The van der Waals surface area contributed by atoms with Gasteiger partial charge in [0.1, 0.15) is 19.6 Å². The molecule has 1 N–H and O–H groups in total. The number of hydrogen-bond acceptors (Lipinski definition) is 6. The van der Waals surface area contributed by atoms with E-state index in [9.17, 15) is 4.79 Å². The van der Waals surface area contributed by atoms with Crippen LogP contribution in [-0.2, 0) is 11.3 Å². The lowest BCUT2D eigenvalue weighted by Gasteiger charge is -2.45. The lowest BCUT2D eigenvalue weighted by molar-refractivity contribution is -0.118. The Labute approximate surface area is 171 Å². The van der Waals surface area contributed by atoms with E-state index < -0.39 is 0 Å². The highest BCUT2D eigenvalue weighted by Gasteiger charge is 2.37. The summed E-state index contributed by atoms with van der Waals surface area (Å²) >= 11 is 0. The Morgan fingerprint density at radius 1 is 1.03 bits per heavy atom. The minimum atomic E-state index is -0.260. The van der Waals surface area contributed by atoms with Crippen LogP contribution in [0.2, 0.25) is 0 Å². The second-order valence-corrected chi connectivity index (χ2v) is 7.23. The third kappa shape index (κ3) is 3.60. The van der Waals surface area contributed by atoms with Gasteiger partial charge in [0.15, 0.2) is 11.5 Å². The molecule has 2 aromatic rings. The standard InChI is InChI=1S/C21H24BN3O4/c1-27-18-5-4-13(8-20(18)29-3)11-24-6-7-25-16-10-19(28-2)14(22)9-15(16)23-21(26)17(25)12-24/h4-5,8-10,17H,6-7,11-12H2,1-3H3,(H,23,26). The van der Waals surface area contributed by atoms with Crippen molar-refractivity contribution >= 4 is 30.6 Å². The number of benzene rings is 2. The van der Waals surface area contributed by atoms with Crippen molar-refractivity contribution in [1.29, 1.82) is 0 Å². The van der Waals surface area contributed by atoms with Crippen LogP contribution in [0.4, 0.5) is 11.4 Å². The van der Waals surface area contributed by atoms with Gasteiger partial charge in [-0.05, 0) is 23.8 Å². The molecule has 1 atom stereocenters. The van der Waals surface area contributed by atoms with Crippen LogP contribution in [0.1, 0.15) is 5.56 Å². The third-order valence-electron chi connectivity index (χ3n) is 5.54. The summed E-state index contributed by atoms with van der Waals surface area (Å²) in [5.74, 6) is 2.01. The van der Waals surface area contributed by atoms with Gasteiger partial charge >= 0.3 is 0 Å². The quantitative estimate of drug-likeness (QED) is 0.770. The molecule has 7 nitrogen and oxygen atoms in total. The first kappa shape index (κ1) is 19.5. The predicted molar refractivity (Wildman–Crippen MR) is 113 cm³/mol. The molecule has 2 aliphatic rings. The second kappa shape index (κ2) is 7.87. The van der Waals surface area contributed by atoms with Crippen LogP contribution in [0.15, 0.2) is 30.3 Å². The van der Waals surface area contributed by atoms with Crippen LogP contribution in [0.3, 0.4) is 0 Å². The molecule has 2 aromatic carbocycles. The number of nitrogens with zero attached hydrogens (tertiary/aromatic N) is 2. The number of carbonyl (C=O) groups is 1. The minimum Gasteiger partial charge on any atom is -0.497 e. The van der Waals surface area contributed by atoms with E-state index in [0.29, 0.717) is 29.3 Å². The normalized spacial score (nSPS) is 18.5. The van der Waals surface area contributed by atoms with Gasteiger partial charge < -0.3 is 24.4 Å². The van der Waals surface area contributed by atoms with Gasteiger partial charge in [0.2, 0.25) is 5.91 Å². The molecule has 2 heterocycles. The van der Waals surface area contributed by atoms with E-state index in [0.717, 1.165) is 36.6 Å². The summed E-state index contributed by atoms with van der Waals surface area (Å²) in [7, 11) is 10.8. The molecule has 8 heteroatoms. The molecule has 4 rings (SSSR count). The Morgan fingerprint density at radius 3 is 2.52 bits per heavy atom. The first-order valence-corrected chi connectivity index (χ1v) is 9.52. The number of piperazine rings is 1. The zero-order valence-electron chi connectivity index (χ0n) is 16.9. The van der Waals surface area contributed by atoms with Crippen LogP contribution in [0.5, 0.6) is 17.2 Å². The molecule has 2 aliphatic heterocycles. The van der Waals surface area contributed by atoms with E-state index >= 15 is 0 Å². The summed E-state index contributed by atoms with van der Waals surface area (Å²) in [5, 5.41) is 2.99. The molecule has 2 radical (unpaired) electrons. The number of rotatable bonds is 5. The fourth-order valence-electron chi connectivity index (χ4n) is 4.05. The van der Waals surface area contributed by atoms with Crippen LogP contribution < -0.4 is 29.9 Å². The smallest absolute Gasteiger partial charge is 0.248 e. The monoisotopic (exact) mass is 393 g/mol. The van der Waals surface area contributed by atoms with Crippen LogP contribution >= 0.6 is 0 Å². The number of anilines is 2. The molecule has 1 fully saturated rings. The number of fused-ring (bicyclic) bond motifs is 3. The molecule has 0 saturated carbocycles. The van der Waals surface area contributed by atoms with Crippen LogP contribution in [0, 0.1) is 0 Å². The maximum absolute atomic E-state index is 12.8. The molecule has 1 saturated heterocycles.